The van der Waals surface area contributed by atoms with Crippen molar-refractivity contribution >= 4 is 28.1 Å². The summed E-state index contributed by atoms with van der Waals surface area (Å²) in [6.07, 6.45) is 1.12. The van der Waals surface area contributed by atoms with Crippen molar-refractivity contribution in [1.82, 2.24) is 14.9 Å². The number of anilines is 1. The second kappa shape index (κ2) is 8.75. The lowest BCUT2D eigenvalue weighted by atomic mass is 9.97. The number of hydrogen-bond donors (Lipinski definition) is 1. The number of rotatable bonds is 6. The summed E-state index contributed by atoms with van der Waals surface area (Å²) in [4.78, 5) is 12.2. The Morgan fingerprint density at radius 3 is 2.79 bits per heavy atom. The van der Waals surface area contributed by atoms with E-state index in [2.05, 4.69) is 39.2 Å². The first-order valence-corrected chi connectivity index (χ1v) is 11.3. The molecule has 1 N–H and O–H groups in total. The molecule has 0 amide bonds. The van der Waals surface area contributed by atoms with Crippen molar-refractivity contribution in [3.05, 3.63) is 41.1 Å². The van der Waals surface area contributed by atoms with Crippen LogP contribution in [-0.4, -0.2) is 67.0 Å². The molecule has 0 unspecified atom stereocenters. The summed E-state index contributed by atoms with van der Waals surface area (Å²) in [5.74, 6) is 2.23. The van der Waals surface area contributed by atoms with Crippen molar-refractivity contribution in [1.29, 1.82) is 0 Å². The van der Waals surface area contributed by atoms with Crippen LogP contribution in [0.25, 0.3) is 22.3 Å². The third kappa shape index (κ3) is 4.14. The van der Waals surface area contributed by atoms with Gasteiger partial charge in [-0.25, -0.2) is 9.97 Å². The van der Waals surface area contributed by atoms with Crippen molar-refractivity contribution in [3.8, 4) is 11.4 Å². The van der Waals surface area contributed by atoms with Gasteiger partial charge in [-0.05, 0) is 30.0 Å². The van der Waals surface area contributed by atoms with E-state index in [-0.39, 0.29) is 0 Å². The lowest BCUT2D eigenvalue weighted by molar-refractivity contribution is 0.00460. The third-order valence-corrected chi connectivity index (χ3v) is 6.57. The first-order valence-electron chi connectivity index (χ1n) is 10.3. The van der Waals surface area contributed by atoms with Crippen molar-refractivity contribution in [2.75, 3.05) is 51.4 Å². The highest BCUT2D eigenvalue weighted by Crippen LogP contribution is 2.27. The largest absolute Gasteiger partial charge is 0.381 e. The summed E-state index contributed by atoms with van der Waals surface area (Å²) in [6.45, 7) is 6.13. The highest BCUT2D eigenvalue weighted by Gasteiger charge is 2.31. The number of thiophene rings is 1. The summed E-state index contributed by atoms with van der Waals surface area (Å²) >= 11 is 1.67. The number of hydrogen-bond acceptors (Lipinski definition) is 7. The third-order valence-electron chi connectivity index (χ3n) is 5.89. The minimum atomic E-state index is 0.416. The molecule has 1 aromatic carbocycles. The second-order valence-electron chi connectivity index (χ2n) is 7.65. The van der Waals surface area contributed by atoms with Crippen LogP contribution in [0.1, 0.15) is 6.42 Å². The maximum Gasteiger partial charge on any atom is 0.162 e. The monoisotopic (exact) mass is 410 g/mol. The molecule has 0 radical (unpaired) electrons. The molecule has 152 valence electrons. The smallest absolute Gasteiger partial charge is 0.162 e. The van der Waals surface area contributed by atoms with Gasteiger partial charge < -0.3 is 14.8 Å². The van der Waals surface area contributed by atoms with Crippen LogP contribution in [-0.2, 0) is 9.47 Å². The Morgan fingerprint density at radius 2 is 2.00 bits per heavy atom. The van der Waals surface area contributed by atoms with Crippen LogP contribution in [0.15, 0.2) is 41.1 Å². The summed E-state index contributed by atoms with van der Waals surface area (Å²) in [6, 6.07) is 10.7. The van der Waals surface area contributed by atoms with Gasteiger partial charge in [0.25, 0.3) is 0 Å². The van der Waals surface area contributed by atoms with E-state index in [0.29, 0.717) is 12.0 Å². The van der Waals surface area contributed by atoms with Gasteiger partial charge in [-0.1, -0.05) is 12.1 Å². The van der Waals surface area contributed by atoms with E-state index >= 15 is 0 Å². The molecule has 0 aliphatic carbocycles. The van der Waals surface area contributed by atoms with Gasteiger partial charge in [0, 0.05) is 54.5 Å². The number of nitrogens with one attached hydrogen (secondary N) is 1. The number of nitrogens with zero attached hydrogens (tertiary/aromatic N) is 3. The first-order chi connectivity index (χ1) is 14.4. The van der Waals surface area contributed by atoms with E-state index in [9.17, 15) is 0 Å². The molecule has 5 rings (SSSR count). The average molecular weight is 411 g/mol. The molecular formula is C22H26N4O2S. The van der Waals surface area contributed by atoms with Gasteiger partial charge in [-0.2, -0.15) is 11.3 Å². The van der Waals surface area contributed by atoms with E-state index in [1.807, 2.05) is 12.1 Å². The normalized spacial score (nSPS) is 21.4. The molecule has 2 atom stereocenters. The number of para-hydroxylation sites is 1. The summed E-state index contributed by atoms with van der Waals surface area (Å²) in [7, 11) is 0. The van der Waals surface area contributed by atoms with Crippen LogP contribution < -0.4 is 5.32 Å². The Bertz CT molecular complexity index is 937. The van der Waals surface area contributed by atoms with E-state index in [4.69, 9.17) is 19.4 Å². The highest BCUT2D eigenvalue weighted by atomic mass is 32.1. The predicted octanol–water partition coefficient (Wildman–Crippen LogP) is 3.51. The first kappa shape index (κ1) is 18.9. The van der Waals surface area contributed by atoms with Gasteiger partial charge in [0.2, 0.25) is 0 Å². The van der Waals surface area contributed by atoms with Gasteiger partial charge >= 0.3 is 0 Å². The second-order valence-corrected chi connectivity index (χ2v) is 8.43. The molecule has 0 bridgehead atoms. The molecule has 4 heterocycles. The van der Waals surface area contributed by atoms with E-state index in [0.717, 1.165) is 80.6 Å². The summed E-state index contributed by atoms with van der Waals surface area (Å²) in [5, 5.41) is 8.91. The van der Waals surface area contributed by atoms with Gasteiger partial charge in [-0.15, -0.1) is 0 Å². The lowest BCUT2D eigenvalue weighted by Gasteiger charge is -2.37. The van der Waals surface area contributed by atoms with Crippen LogP contribution in [0.4, 0.5) is 5.82 Å². The Hall–Kier alpha value is -2.06. The molecule has 3 aromatic rings. The molecule has 2 fully saturated rings. The maximum absolute atomic E-state index is 5.71. The number of fused-ring (bicyclic) bond motifs is 1. The number of aromatic nitrogens is 2. The number of morpholine rings is 1. The molecule has 29 heavy (non-hydrogen) atoms. The van der Waals surface area contributed by atoms with Crippen LogP contribution in [0.5, 0.6) is 0 Å². The average Bonchev–Trinajstić information content (AvgIpc) is 3.49. The Kier molecular flexibility index (Phi) is 5.71. The molecule has 2 saturated heterocycles. The number of benzene rings is 1. The van der Waals surface area contributed by atoms with Gasteiger partial charge in [0.1, 0.15) is 5.82 Å². The van der Waals surface area contributed by atoms with Crippen molar-refractivity contribution in [2.45, 2.75) is 12.5 Å². The zero-order valence-electron chi connectivity index (χ0n) is 16.4. The fourth-order valence-corrected chi connectivity index (χ4v) is 4.93. The Balaban J connectivity index is 1.43. The predicted molar refractivity (Wildman–Crippen MR) is 116 cm³/mol. The quantitative estimate of drug-likeness (QED) is 0.671. The molecule has 0 saturated carbocycles. The molecule has 6 nitrogen and oxygen atoms in total. The van der Waals surface area contributed by atoms with Gasteiger partial charge in [-0.3, -0.25) is 4.90 Å². The molecule has 2 aliphatic rings. The van der Waals surface area contributed by atoms with Crippen LogP contribution in [0.3, 0.4) is 0 Å². The van der Waals surface area contributed by atoms with Gasteiger partial charge in [0.15, 0.2) is 5.82 Å². The zero-order chi connectivity index (χ0) is 19.5. The van der Waals surface area contributed by atoms with Gasteiger partial charge in [0.05, 0.1) is 25.3 Å². The standard InChI is InChI=1S/C22H26N4O2S/c1-2-4-19-18(3-1)22(25-21(24-19)17-6-12-29-15-17)23-13-20(16-5-9-28-14-16)26-7-10-27-11-8-26/h1-4,6,12,15-16,20H,5,7-11,13-14H2,(H,23,24,25)/t16-,20-/m1/s1. The summed E-state index contributed by atoms with van der Waals surface area (Å²) < 4.78 is 11.3. The minimum absolute atomic E-state index is 0.416. The fraction of sp³-hybridized carbons (Fsp3) is 0.455. The molecule has 7 heteroatoms. The van der Waals surface area contributed by atoms with Crippen molar-refractivity contribution in [2.24, 2.45) is 5.92 Å². The van der Waals surface area contributed by atoms with E-state index < -0.39 is 0 Å². The topological polar surface area (TPSA) is 59.5 Å². The fourth-order valence-electron chi connectivity index (χ4n) is 4.29. The molecular weight excluding hydrogens is 384 g/mol. The van der Waals surface area contributed by atoms with Crippen LogP contribution >= 0.6 is 11.3 Å². The Labute approximate surface area is 174 Å². The zero-order valence-corrected chi connectivity index (χ0v) is 17.2. The van der Waals surface area contributed by atoms with Crippen molar-refractivity contribution < 1.29 is 9.47 Å². The highest BCUT2D eigenvalue weighted by molar-refractivity contribution is 7.08. The number of ether oxygens (including phenoxy) is 2. The van der Waals surface area contributed by atoms with Crippen molar-refractivity contribution in [3.63, 3.8) is 0 Å². The van der Waals surface area contributed by atoms with E-state index in [1.54, 1.807) is 11.3 Å². The SMILES string of the molecule is c1ccc2c(NC[C@H]([C@@H]3CCOC3)N3CCOCC3)nc(-c3ccsc3)nc2c1. The summed E-state index contributed by atoms with van der Waals surface area (Å²) in [5.41, 5.74) is 2.04. The Morgan fingerprint density at radius 1 is 1.10 bits per heavy atom. The lowest BCUT2D eigenvalue weighted by Crippen LogP contribution is -2.50. The van der Waals surface area contributed by atoms with E-state index in [1.165, 1.54) is 0 Å². The maximum atomic E-state index is 5.71. The molecule has 2 aliphatic heterocycles. The van der Waals surface area contributed by atoms with Crippen LogP contribution in [0, 0.1) is 5.92 Å². The molecule has 2 aromatic heterocycles. The minimum Gasteiger partial charge on any atom is -0.381 e. The molecule has 0 spiro atoms. The van der Waals surface area contributed by atoms with Crippen LogP contribution in [0.2, 0.25) is 0 Å².